The molecule has 0 spiro atoms. The minimum Gasteiger partial charge on any atom is -0.315 e. The van der Waals surface area contributed by atoms with Crippen LogP contribution in [0.15, 0.2) is 12.1 Å². The number of halogens is 2. The summed E-state index contributed by atoms with van der Waals surface area (Å²) in [6.45, 7) is 3.54. The van der Waals surface area contributed by atoms with E-state index >= 15 is 0 Å². The molecule has 1 fully saturated rings. The molecule has 0 radical (unpaired) electrons. The number of nitrogens with one attached hydrogen (secondary N) is 1. The van der Waals surface area contributed by atoms with E-state index in [1.54, 1.807) is 19.1 Å². The molecule has 0 bridgehead atoms. The van der Waals surface area contributed by atoms with E-state index in [0.29, 0.717) is 16.5 Å². The SMILES string of the molecule is Cc1cc(Cl)c(C2CNC2)cc1F. The summed E-state index contributed by atoms with van der Waals surface area (Å²) in [5, 5.41) is 3.83. The predicted octanol–water partition coefficient (Wildman–Crippen LogP) is 2.47. The zero-order valence-electron chi connectivity index (χ0n) is 7.40. The lowest BCUT2D eigenvalue weighted by molar-refractivity contribution is 0.446. The molecule has 13 heavy (non-hydrogen) atoms. The Kier molecular flexibility index (Phi) is 2.26. The molecule has 0 unspecified atom stereocenters. The van der Waals surface area contributed by atoms with Gasteiger partial charge in [0.1, 0.15) is 5.82 Å². The van der Waals surface area contributed by atoms with Crippen molar-refractivity contribution in [2.45, 2.75) is 12.8 Å². The van der Waals surface area contributed by atoms with E-state index in [9.17, 15) is 4.39 Å². The first-order valence-corrected chi connectivity index (χ1v) is 4.72. The maximum Gasteiger partial charge on any atom is 0.126 e. The highest BCUT2D eigenvalue weighted by Gasteiger charge is 2.22. The van der Waals surface area contributed by atoms with Crippen molar-refractivity contribution in [2.75, 3.05) is 13.1 Å². The fourth-order valence-corrected chi connectivity index (χ4v) is 1.86. The molecule has 1 aromatic rings. The molecule has 0 aromatic heterocycles. The summed E-state index contributed by atoms with van der Waals surface area (Å²) in [6.07, 6.45) is 0. The average molecular weight is 200 g/mol. The van der Waals surface area contributed by atoms with Gasteiger partial charge in [0.15, 0.2) is 0 Å². The molecule has 0 atom stereocenters. The van der Waals surface area contributed by atoms with Gasteiger partial charge in [0.2, 0.25) is 0 Å². The van der Waals surface area contributed by atoms with Crippen LogP contribution in [-0.2, 0) is 0 Å². The number of aryl methyl sites for hydroxylation is 1. The van der Waals surface area contributed by atoms with Crippen molar-refractivity contribution in [1.82, 2.24) is 5.32 Å². The third-order valence-electron chi connectivity index (χ3n) is 2.50. The lowest BCUT2D eigenvalue weighted by atomic mass is 9.93. The maximum atomic E-state index is 13.2. The van der Waals surface area contributed by atoms with Crippen LogP contribution in [0.2, 0.25) is 5.02 Å². The van der Waals surface area contributed by atoms with Gasteiger partial charge in [0.05, 0.1) is 0 Å². The van der Waals surface area contributed by atoms with Crippen molar-refractivity contribution in [2.24, 2.45) is 0 Å². The van der Waals surface area contributed by atoms with Crippen LogP contribution in [0.3, 0.4) is 0 Å². The highest BCUT2D eigenvalue weighted by molar-refractivity contribution is 6.31. The third-order valence-corrected chi connectivity index (χ3v) is 2.83. The van der Waals surface area contributed by atoms with Crippen molar-refractivity contribution >= 4 is 11.6 Å². The molecule has 1 aromatic carbocycles. The monoisotopic (exact) mass is 199 g/mol. The summed E-state index contributed by atoms with van der Waals surface area (Å²) in [5.41, 5.74) is 1.55. The fourth-order valence-electron chi connectivity index (χ4n) is 1.48. The summed E-state index contributed by atoms with van der Waals surface area (Å²) in [6, 6.07) is 3.26. The Labute approximate surface area is 81.9 Å². The molecule has 1 nitrogen and oxygen atoms in total. The lowest BCUT2D eigenvalue weighted by Crippen LogP contribution is -2.40. The minimum absolute atomic E-state index is 0.161. The summed E-state index contributed by atoms with van der Waals surface area (Å²) in [7, 11) is 0. The molecule has 1 aliphatic rings. The molecule has 2 rings (SSSR count). The van der Waals surface area contributed by atoms with Gasteiger partial charge >= 0.3 is 0 Å². The van der Waals surface area contributed by atoms with Crippen molar-refractivity contribution in [3.63, 3.8) is 0 Å². The zero-order chi connectivity index (χ0) is 9.42. The summed E-state index contributed by atoms with van der Waals surface area (Å²) >= 11 is 6.01. The van der Waals surface area contributed by atoms with Crippen molar-refractivity contribution < 1.29 is 4.39 Å². The van der Waals surface area contributed by atoms with E-state index in [2.05, 4.69) is 5.32 Å². The molecular formula is C10H11ClFN. The van der Waals surface area contributed by atoms with Gasteiger partial charge < -0.3 is 5.32 Å². The molecule has 0 saturated carbocycles. The number of hydrogen-bond acceptors (Lipinski definition) is 1. The summed E-state index contributed by atoms with van der Waals surface area (Å²) < 4.78 is 13.2. The van der Waals surface area contributed by atoms with E-state index in [1.165, 1.54) is 0 Å². The zero-order valence-corrected chi connectivity index (χ0v) is 8.16. The Balaban J connectivity index is 2.39. The molecule has 0 aliphatic carbocycles. The molecule has 1 N–H and O–H groups in total. The quantitative estimate of drug-likeness (QED) is 0.733. The highest BCUT2D eigenvalue weighted by atomic mass is 35.5. The van der Waals surface area contributed by atoms with Gasteiger partial charge in [-0.05, 0) is 30.2 Å². The molecule has 0 amide bonds. The Morgan fingerprint density at radius 1 is 1.46 bits per heavy atom. The molecule has 3 heteroatoms. The van der Waals surface area contributed by atoms with Crippen molar-refractivity contribution in [3.05, 3.63) is 34.1 Å². The first kappa shape index (κ1) is 8.97. The number of hydrogen-bond donors (Lipinski definition) is 1. The molecule has 1 saturated heterocycles. The molecule has 1 aliphatic heterocycles. The Hall–Kier alpha value is -0.600. The van der Waals surface area contributed by atoms with Gasteiger partial charge in [0.25, 0.3) is 0 Å². The van der Waals surface area contributed by atoms with Gasteiger partial charge in [-0.25, -0.2) is 4.39 Å². The fraction of sp³-hybridized carbons (Fsp3) is 0.400. The van der Waals surface area contributed by atoms with E-state index in [1.807, 2.05) is 0 Å². The molecule has 70 valence electrons. The normalized spacial score (nSPS) is 17.2. The van der Waals surface area contributed by atoms with Crippen LogP contribution in [0.5, 0.6) is 0 Å². The summed E-state index contributed by atoms with van der Waals surface area (Å²) in [4.78, 5) is 0. The largest absolute Gasteiger partial charge is 0.315 e. The van der Waals surface area contributed by atoms with Crippen LogP contribution in [0.4, 0.5) is 4.39 Å². The Morgan fingerprint density at radius 3 is 2.69 bits per heavy atom. The van der Waals surface area contributed by atoms with E-state index in [4.69, 9.17) is 11.6 Å². The third kappa shape index (κ3) is 1.56. The van der Waals surface area contributed by atoms with Crippen LogP contribution in [0, 0.1) is 12.7 Å². The van der Waals surface area contributed by atoms with Gasteiger partial charge in [-0.1, -0.05) is 11.6 Å². The minimum atomic E-state index is -0.161. The van der Waals surface area contributed by atoms with Crippen LogP contribution in [-0.4, -0.2) is 13.1 Å². The van der Waals surface area contributed by atoms with Crippen LogP contribution in [0.25, 0.3) is 0 Å². The smallest absolute Gasteiger partial charge is 0.126 e. The predicted molar refractivity (Wildman–Crippen MR) is 51.8 cm³/mol. The Bertz CT molecular complexity index is 334. The first-order chi connectivity index (χ1) is 6.18. The van der Waals surface area contributed by atoms with Gasteiger partial charge in [-0.3, -0.25) is 0 Å². The Morgan fingerprint density at radius 2 is 2.15 bits per heavy atom. The second kappa shape index (κ2) is 3.28. The maximum absolute atomic E-state index is 13.2. The highest BCUT2D eigenvalue weighted by Crippen LogP contribution is 2.29. The van der Waals surface area contributed by atoms with Gasteiger partial charge in [-0.15, -0.1) is 0 Å². The van der Waals surface area contributed by atoms with Crippen LogP contribution in [0.1, 0.15) is 17.0 Å². The first-order valence-electron chi connectivity index (χ1n) is 4.34. The standard InChI is InChI=1S/C10H11ClFN/c1-6-2-9(11)8(3-10(6)12)7-4-13-5-7/h2-3,7,13H,4-5H2,1H3. The van der Waals surface area contributed by atoms with E-state index < -0.39 is 0 Å². The van der Waals surface area contributed by atoms with E-state index in [-0.39, 0.29) is 5.82 Å². The van der Waals surface area contributed by atoms with Crippen LogP contribution >= 0.6 is 11.6 Å². The van der Waals surface area contributed by atoms with Crippen molar-refractivity contribution in [3.8, 4) is 0 Å². The molecule has 1 heterocycles. The summed E-state index contributed by atoms with van der Waals surface area (Å²) in [5.74, 6) is 0.230. The number of benzene rings is 1. The second-order valence-electron chi connectivity index (χ2n) is 3.48. The topological polar surface area (TPSA) is 12.0 Å². The number of rotatable bonds is 1. The average Bonchev–Trinajstić information content (AvgIpc) is 1.96. The van der Waals surface area contributed by atoms with Crippen molar-refractivity contribution in [1.29, 1.82) is 0 Å². The molecular weight excluding hydrogens is 189 g/mol. The van der Waals surface area contributed by atoms with Gasteiger partial charge in [0, 0.05) is 24.0 Å². The van der Waals surface area contributed by atoms with Gasteiger partial charge in [-0.2, -0.15) is 0 Å². The lowest BCUT2D eigenvalue weighted by Gasteiger charge is -2.28. The van der Waals surface area contributed by atoms with Crippen LogP contribution < -0.4 is 5.32 Å². The van der Waals surface area contributed by atoms with E-state index in [0.717, 1.165) is 18.7 Å². The second-order valence-corrected chi connectivity index (χ2v) is 3.89.